The van der Waals surface area contributed by atoms with Gasteiger partial charge in [0.1, 0.15) is 0 Å². The van der Waals surface area contributed by atoms with Crippen molar-refractivity contribution in [3.63, 3.8) is 0 Å². The number of aliphatic carboxylic acids is 1. The van der Waals surface area contributed by atoms with E-state index in [-0.39, 0.29) is 4.90 Å². The summed E-state index contributed by atoms with van der Waals surface area (Å²) in [6, 6.07) is 5.16. The summed E-state index contributed by atoms with van der Waals surface area (Å²) in [7, 11) is -4.31. The first-order chi connectivity index (χ1) is 8.54. The molecule has 4 nitrogen and oxygen atoms in total. The van der Waals surface area contributed by atoms with Gasteiger partial charge >= 0.3 is 12.1 Å². The monoisotopic (exact) mass is 296 g/mol. The quantitative estimate of drug-likeness (QED) is 0.923. The Morgan fingerprint density at radius 1 is 1.26 bits per heavy atom. The molecule has 0 saturated heterocycles. The second-order valence-corrected chi connectivity index (χ2v) is 6.06. The molecule has 0 spiro atoms. The number of carbonyl (C=O) groups is 1. The van der Waals surface area contributed by atoms with Crippen LogP contribution in [0.5, 0.6) is 0 Å². The van der Waals surface area contributed by atoms with E-state index in [2.05, 4.69) is 0 Å². The molecular weight excluding hydrogens is 285 g/mol. The predicted molar refractivity (Wildman–Crippen MR) is 60.4 cm³/mol. The SMILES string of the molecule is Cc1ccc(S(=O)(=O)CC(C(=O)O)C(F)(F)F)cc1. The van der Waals surface area contributed by atoms with Gasteiger partial charge in [-0.15, -0.1) is 0 Å². The van der Waals surface area contributed by atoms with Crippen molar-refractivity contribution in [2.75, 3.05) is 5.75 Å². The third-order valence-electron chi connectivity index (χ3n) is 2.46. The lowest BCUT2D eigenvalue weighted by Gasteiger charge is -2.16. The predicted octanol–water partition coefficient (Wildman–Crippen LogP) is 2.03. The molecule has 0 fully saturated rings. The van der Waals surface area contributed by atoms with Gasteiger partial charge in [-0.1, -0.05) is 17.7 Å². The highest BCUT2D eigenvalue weighted by Gasteiger charge is 2.47. The highest BCUT2D eigenvalue weighted by molar-refractivity contribution is 7.91. The van der Waals surface area contributed by atoms with Gasteiger partial charge in [0.25, 0.3) is 0 Å². The minimum atomic E-state index is -5.11. The molecule has 1 atom stereocenters. The minimum absolute atomic E-state index is 0.325. The first-order valence-corrected chi connectivity index (χ1v) is 6.78. The second-order valence-electron chi connectivity index (χ2n) is 4.03. The molecule has 1 aromatic carbocycles. The summed E-state index contributed by atoms with van der Waals surface area (Å²) in [5.74, 6) is -6.64. The molecule has 0 heterocycles. The van der Waals surface area contributed by atoms with E-state index >= 15 is 0 Å². The van der Waals surface area contributed by atoms with Gasteiger partial charge < -0.3 is 5.11 Å². The highest BCUT2D eigenvalue weighted by Crippen LogP contribution is 2.29. The fourth-order valence-corrected chi connectivity index (χ4v) is 2.88. The van der Waals surface area contributed by atoms with E-state index in [0.29, 0.717) is 0 Å². The van der Waals surface area contributed by atoms with Gasteiger partial charge in [0.05, 0.1) is 10.6 Å². The summed E-state index contributed by atoms with van der Waals surface area (Å²) in [4.78, 5) is 10.2. The summed E-state index contributed by atoms with van der Waals surface area (Å²) in [6.07, 6.45) is -5.11. The van der Waals surface area contributed by atoms with Crippen LogP contribution in [0.15, 0.2) is 29.2 Å². The lowest BCUT2D eigenvalue weighted by atomic mass is 10.2. The molecule has 0 bridgehead atoms. The molecule has 1 N–H and O–H groups in total. The van der Waals surface area contributed by atoms with Crippen LogP contribution < -0.4 is 0 Å². The Morgan fingerprint density at radius 3 is 2.11 bits per heavy atom. The molecule has 0 aromatic heterocycles. The number of carboxylic acid groups (broad SMARTS) is 1. The van der Waals surface area contributed by atoms with Crippen LogP contribution in [0.3, 0.4) is 0 Å². The lowest BCUT2D eigenvalue weighted by molar-refractivity contribution is -0.189. The van der Waals surface area contributed by atoms with E-state index in [1.807, 2.05) is 0 Å². The molecule has 19 heavy (non-hydrogen) atoms. The smallest absolute Gasteiger partial charge is 0.403 e. The van der Waals surface area contributed by atoms with Gasteiger partial charge in [0.15, 0.2) is 15.8 Å². The first-order valence-electron chi connectivity index (χ1n) is 5.13. The Hall–Kier alpha value is -1.57. The molecule has 1 aromatic rings. The zero-order chi connectivity index (χ0) is 14.8. The van der Waals surface area contributed by atoms with Crippen molar-refractivity contribution in [2.45, 2.75) is 18.0 Å². The van der Waals surface area contributed by atoms with E-state index in [4.69, 9.17) is 5.11 Å². The normalized spacial score (nSPS) is 14.1. The maximum atomic E-state index is 12.4. The largest absolute Gasteiger partial charge is 0.481 e. The number of benzene rings is 1. The Kier molecular flexibility index (Phi) is 4.24. The number of alkyl halides is 3. The van der Waals surface area contributed by atoms with Crippen LogP contribution in [-0.2, 0) is 14.6 Å². The lowest BCUT2D eigenvalue weighted by Crippen LogP contribution is -2.36. The van der Waals surface area contributed by atoms with Crippen LogP contribution in [0.4, 0.5) is 13.2 Å². The molecule has 1 unspecified atom stereocenters. The first kappa shape index (κ1) is 15.5. The summed E-state index contributed by atoms with van der Waals surface area (Å²) in [6.45, 7) is 1.69. The van der Waals surface area contributed by atoms with E-state index in [0.717, 1.165) is 17.7 Å². The molecule has 0 aliphatic rings. The van der Waals surface area contributed by atoms with Crippen molar-refractivity contribution in [1.82, 2.24) is 0 Å². The van der Waals surface area contributed by atoms with Crippen molar-refractivity contribution >= 4 is 15.8 Å². The number of sulfone groups is 1. The molecule has 106 valence electrons. The zero-order valence-electron chi connectivity index (χ0n) is 9.81. The maximum Gasteiger partial charge on any atom is 0.403 e. The van der Waals surface area contributed by atoms with Crippen molar-refractivity contribution in [3.05, 3.63) is 29.8 Å². The summed E-state index contributed by atoms with van der Waals surface area (Å²) >= 11 is 0. The van der Waals surface area contributed by atoms with Crippen LogP contribution >= 0.6 is 0 Å². The Bertz CT molecular complexity index is 561. The topological polar surface area (TPSA) is 71.4 Å². The fraction of sp³-hybridized carbons (Fsp3) is 0.364. The van der Waals surface area contributed by atoms with Gasteiger partial charge in [0, 0.05) is 0 Å². The summed E-state index contributed by atoms with van der Waals surface area (Å²) in [5, 5.41) is 8.48. The fourth-order valence-electron chi connectivity index (χ4n) is 1.37. The van der Waals surface area contributed by atoms with Crippen molar-refractivity contribution in [3.8, 4) is 0 Å². The average molecular weight is 296 g/mol. The number of halogens is 3. The summed E-state index contributed by atoms with van der Waals surface area (Å²) < 4.78 is 60.8. The Labute approximate surface area is 107 Å². The molecule has 8 heteroatoms. The van der Waals surface area contributed by atoms with E-state index in [1.165, 1.54) is 12.1 Å². The van der Waals surface area contributed by atoms with Crippen molar-refractivity contribution in [2.24, 2.45) is 5.92 Å². The Balaban J connectivity index is 3.08. The zero-order valence-corrected chi connectivity index (χ0v) is 10.6. The molecule has 0 radical (unpaired) electrons. The average Bonchev–Trinajstić information content (AvgIpc) is 2.24. The van der Waals surface area contributed by atoms with Gasteiger partial charge in [-0.05, 0) is 19.1 Å². The number of carboxylic acids is 1. The van der Waals surface area contributed by atoms with Gasteiger partial charge in [-0.2, -0.15) is 13.2 Å². The number of rotatable bonds is 4. The van der Waals surface area contributed by atoms with Crippen LogP contribution in [0.1, 0.15) is 5.56 Å². The molecule has 0 aliphatic carbocycles. The van der Waals surface area contributed by atoms with E-state index in [9.17, 15) is 26.4 Å². The maximum absolute atomic E-state index is 12.4. The molecule has 1 rings (SSSR count). The number of aryl methyl sites for hydroxylation is 1. The standard InChI is InChI=1S/C11H11F3O4S/c1-7-2-4-8(5-3-7)19(17,18)6-9(10(15)16)11(12,13)14/h2-5,9H,6H2,1H3,(H,15,16). The van der Waals surface area contributed by atoms with Crippen molar-refractivity contribution in [1.29, 1.82) is 0 Å². The van der Waals surface area contributed by atoms with Crippen LogP contribution in [0.25, 0.3) is 0 Å². The number of hydrogen-bond donors (Lipinski definition) is 1. The molecule has 0 aliphatic heterocycles. The van der Waals surface area contributed by atoms with Crippen LogP contribution in [-0.4, -0.2) is 31.4 Å². The molecule has 0 saturated carbocycles. The second kappa shape index (κ2) is 5.20. The number of hydrogen-bond acceptors (Lipinski definition) is 3. The Morgan fingerprint density at radius 2 is 1.74 bits per heavy atom. The third-order valence-corrected chi connectivity index (χ3v) is 4.22. The van der Waals surface area contributed by atoms with E-state index < -0.39 is 33.7 Å². The minimum Gasteiger partial charge on any atom is -0.481 e. The van der Waals surface area contributed by atoms with Crippen LogP contribution in [0, 0.1) is 12.8 Å². The third kappa shape index (κ3) is 3.95. The van der Waals surface area contributed by atoms with Crippen LogP contribution in [0.2, 0.25) is 0 Å². The van der Waals surface area contributed by atoms with Crippen molar-refractivity contribution < 1.29 is 31.5 Å². The van der Waals surface area contributed by atoms with Gasteiger partial charge in [0.2, 0.25) is 0 Å². The summed E-state index contributed by atoms with van der Waals surface area (Å²) in [5.41, 5.74) is 0.740. The molecular formula is C11H11F3O4S. The highest BCUT2D eigenvalue weighted by atomic mass is 32.2. The van der Waals surface area contributed by atoms with Gasteiger partial charge in [-0.25, -0.2) is 8.42 Å². The molecule has 0 amide bonds. The van der Waals surface area contributed by atoms with Gasteiger partial charge in [-0.3, -0.25) is 4.79 Å². The van der Waals surface area contributed by atoms with E-state index in [1.54, 1.807) is 6.92 Å².